The van der Waals surface area contributed by atoms with Crippen LogP contribution in [0.3, 0.4) is 0 Å². The van der Waals surface area contributed by atoms with E-state index in [2.05, 4.69) is 116 Å². The van der Waals surface area contributed by atoms with Crippen molar-refractivity contribution < 1.29 is 0 Å². The van der Waals surface area contributed by atoms with Gasteiger partial charge in [-0.1, -0.05) is 115 Å². The van der Waals surface area contributed by atoms with E-state index in [4.69, 9.17) is 0 Å². The van der Waals surface area contributed by atoms with Crippen LogP contribution in [0.4, 0.5) is 0 Å². The molecule has 3 heteroatoms. The second-order valence-corrected chi connectivity index (χ2v) is 26.3. The lowest BCUT2D eigenvalue weighted by Crippen LogP contribution is -2.59. The molecule has 1 unspecified atom stereocenters. The van der Waals surface area contributed by atoms with E-state index in [1.54, 1.807) is 10.8 Å². The zero-order chi connectivity index (χ0) is 20.9. The summed E-state index contributed by atoms with van der Waals surface area (Å²) in [6.45, 7) is 27.3. The van der Waals surface area contributed by atoms with Crippen molar-refractivity contribution in [3.63, 3.8) is 0 Å². The Morgan fingerprint density at radius 1 is 0.889 bits per heavy atom. The van der Waals surface area contributed by atoms with E-state index in [1.165, 1.54) is 12.0 Å². The maximum Gasteiger partial charge on any atom is 0.109 e. The molecule has 0 nitrogen and oxygen atoms in total. The van der Waals surface area contributed by atoms with Crippen molar-refractivity contribution in [2.45, 2.75) is 91.5 Å². The predicted octanol–water partition coefficient (Wildman–Crippen LogP) is 8.32. The molecule has 2 rings (SSSR count). The highest BCUT2D eigenvalue weighted by Gasteiger charge is 2.55. The van der Waals surface area contributed by atoms with E-state index in [1.807, 2.05) is 0 Å². The molecule has 1 atom stereocenters. The van der Waals surface area contributed by atoms with Crippen molar-refractivity contribution in [2.75, 3.05) is 0 Å². The molecule has 2 aliphatic rings. The monoisotopic (exact) mass is 418 g/mol. The molecular weight excluding hydrogens is 377 g/mol. The van der Waals surface area contributed by atoms with Crippen LogP contribution in [0.5, 0.6) is 0 Å². The summed E-state index contributed by atoms with van der Waals surface area (Å²) in [6.07, 6.45) is 14.8. The molecule has 2 aliphatic carbocycles. The van der Waals surface area contributed by atoms with Gasteiger partial charge >= 0.3 is 0 Å². The molecule has 0 aromatic heterocycles. The fourth-order valence-corrected chi connectivity index (χ4v) is 19.7. The van der Waals surface area contributed by atoms with Gasteiger partial charge in [0.15, 0.2) is 0 Å². The third kappa shape index (κ3) is 4.67. The van der Waals surface area contributed by atoms with Gasteiger partial charge in [-0.05, 0) is 29.2 Å². The molecule has 0 aliphatic heterocycles. The van der Waals surface area contributed by atoms with Gasteiger partial charge in [-0.3, -0.25) is 0 Å². The van der Waals surface area contributed by atoms with E-state index in [-0.39, 0.29) is 15.2 Å². The molecule has 0 heterocycles. The quantitative estimate of drug-likeness (QED) is 0.413. The first-order valence-electron chi connectivity index (χ1n) is 10.5. The van der Waals surface area contributed by atoms with E-state index >= 15 is 0 Å². The Labute approximate surface area is 175 Å². The molecule has 27 heavy (non-hydrogen) atoms. The smallest absolute Gasteiger partial charge is 0.109 e. The summed E-state index contributed by atoms with van der Waals surface area (Å²) in [6, 6.07) is 0. The topological polar surface area (TPSA) is 0 Å². The second-order valence-electron chi connectivity index (χ2n) is 11.9. The number of hydrogen-bond acceptors (Lipinski definition) is 1. The van der Waals surface area contributed by atoms with Crippen molar-refractivity contribution in [1.29, 1.82) is 0 Å². The highest BCUT2D eigenvalue weighted by atomic mass is 32.4. The van der Waals surface area contributed by atoms with Gasteiger partial charge in [0, 0.05) is 4.37 Å². The molecule has 0 fully saturated rings. The van der Waals surface area contributed by atoms with Gasteiger partial charge in [0.1, 0.15) is 15.3 Å². The van der Waals surface area contributed by atoms with Gasteiger partial charge in [-0.2, -0.15) is 11.2 Å². The van der Waals surface area contributed by atoms with Crippen LogP contribution in [0.15, 0.2) is 46.7 Å². The summed E-state index contributed by atoms with van der Waals surface area (Å²) < 4.78 is 0.255. The molecule has 0 aromatic rings. The van der Waals surface area contributed by atoms with Crippen molar-refractivity contribution in [3.8, 4) is 0 Å². The van der Waals surface area contributed by atoms with Crippen LogP contribution in [-0.4, -0.2) is 19.7 Å². The first-order valence-corrected chi connectivity index (χ1v) is 18.6. The van der Waals surface area contributed by atoms with E-state index in [9.17, 15) is 0 Å². The highest BCUT2D eigenvalue weighted by Crippen LogP contribution is 2.58. The summed E-state index contributed by atoms with van der Waals surface area (Å²) in [5.41, 5.74) is 3.63. The van der Waals surface area contributed by atoms with Crippen molar-refractivity contribution >= 4 is 26.5 Å². The van der Waals surface area contributed by atoms with Crippen LogP contribution >= 0.6 is 11.2 Å². The number of allylic oxidation sites excluding steroid dienone is 7. The Hall–Kier alpha value is -0.256. The Morgan fingerprint density at radius 3 is 1.89 bits per heavy atom. The molecule has 0 aromatic carbocycles. The molecule has 0 saturated heterocycles. The lowest BCUT2D eigenvalue weighted by Gasteiger charge is -2.55. The van der Waals surface area contributed by atoms with Crippen LogP contribution in [0.25, 0.3) is 0 Å². The molecule has 0 spiro atoms. The van der Waals surface area contributed by atoms with Crippen molar-refractivity contribution in [2.24, 2.45) is 10.8 Å². The Bertz CT molecular complexity index is 700. The number of rotatable bonds is 4. The van der Waals surface area contributed by atoms with Gasteiger partial charge < -0.3 is 0 Å². The van der Waals surface area contributed by atoms with Gasteiger partial charge in [0.05, 0.1) is 0 Å². The molecule has 152 valence electrons. The van der Waals surface area contributed by atoms with Crippen LogP contribution in [0.1, 0.15) is 54.4 Å². The molecule has 0 radical (unpaired) electrons. The highest BCUT2D eigenvalue weighted by molar-refractivity contribution is 8.30. The second kappa shape index (κ2) is 7.21. The lowest BCUT2D eigenvalue weighted by atomic mass is 9.75. The van der Waals surface area contributed by atoms with Crippen LogP contribution < -0.4 is 0 Å². The maximum absolute atomic E-state index is 2.64. The van der Waals surface area contributed by atoms with Gasteiger partial charge in [0.25, 0.3) is 0 Å². The maximum atomic E-state index is 2.64. The SMILES string of the molecule is CC(C)(C)C1=CCC(S[Si](C)(C)C)([Si](C)(C)C2=CCC=C2)C(C(C)(C)C)=C1. The van der Waals surface area contributed by atoms with Gasteiger partial charge in [0.2, 0.25) is 0 Å². The summed E-state index contributed by atoms with van der Waals surface area (Å²) in [5, 5.41) is 1.66. The molecule has 0 amide bonds. The van der Waals surface area contributed by atoms with Crippen LogP contribution in [0, 0.1) is 10.8 Å². The lowest BCUT2D eigenvalue weighted by molar-refractivity contribution is 0.455. The normalized spacial score (nSPS) is 24.6. The Balaban J connectivity index is 2.74. The Morgan fingerprint density at radius 2 is 1.48 bits per heavy atom. The van der Waals surface area contributed by atoms with Gasteiger partial charge in [-0.15, -0.1) is 0 Å². The zero-order valence-electron chi connectivity index (χ0n) is 19.7. The summed E-state index contributed by atoms with van der Waals surface area (Å²) >= 11 is 2.38. The third-order valence-electron chi connectivity index (χ3n) is 6.00. The van der Waals surface area contributed by atoms with E-state index < -0.39 is 15.3 Å². The van der Waals surface area contributed by atoms with Gasteiger partial charge in [-0.25, -0.2) is 0 Å². The molecule has 0 bridgehead atoms. The summed E-state index contributed by atoms with van der Waals surface area (Å²) in [4.78, 5) is 0. The molecule has 0 N–H and O–H groups in total. The molecule has 0 saturated carbocycles. The van der Waals surface area contributed by atoms with Crippen molar-refractivity contribution in [3.05, 3.63) is 46.7 Å². The number of hydrogen-bond donors (Lipinski definition) is 0. The summed E-state index contributed by atoms with van der Waals surface area (Å²) in [7, 11) is -3.07. The Kier molecular flexibility index (Phi) is 6.15. The zero-order valence-corrected chi connectivity index (χ0v) is 22.5. The molecular formula is C24H42SSi2. The van der Waals surface area contributed by atoms with E-state index in [0.717, 1.165) is 6.42 Å². The minimum absolute atomic E-state index is 0.185. The fraction of sp³-hybridized carbons (Fsp3) is 0.667. The predicted molar refractivity (Wildman–Crippen MR) is 133 cm³/mol. The third-order valence-corrected chi connectivity index (χ3v) is 17.0. The minimum Gasteiger partial charge on any atom is -0.177 e. The first-order chi connectivity index (χ1) is 12.0. The van der Waals surface area contributed by atoms with Crippen molar-refractivity contribution in [1.82, 2.24) is 0 Å². The summed E-state index contributed by atoms with van der Waals surface area (Å²) in [5.74, 6) is 0. The average Bonchev–Trinajstić information content (AvgIpc) is 2.97. The average molecular weight is 419 g/mol. The minimum atomic E-state index is -1.73. The van der Waals surface area contributed by atoms with Crippen LogP contribution in [0.2, 0.25) is 32.7 Å². The van der Waals surface area contributed by atoms with E-state index in [0.29, 0.717) is 0 Å². The largest absolute Gasteiger partial charge is 0.177 e. The fourth-order valence-electron chi connectivity index (χ4n) is 4.53. The standard InChI is InChI=1S/C24H42SSi2/c1-22(2,3)19-16-17-24(25-26(7,8)9,21(18-19)23(4,5)6)27(10,11)20-14-12-13-15-20/h12,14-16,18H,13,17H2,1-11H3. The first kappa shape index (κ1) is 23.0. The van der Waals surface area contributed by atoms with Crippen LogP contribution in [-0.2, 0) is 0 Å².